The first-order valence-electron chi connectivity index (χ1n) is 6.21. The molecule has 0 heterocycles. The Morgan fingerprint density at radius 2 is 1.95 bits per heavy atom. The number of carbonyl (C=O) groups excluding carboxylic acids is 1. The van der Waals surface area contributed by atoms with Crippen LogP contribution < -0.4 is 4.74 Å². The van der Waals surface area contributed by atoms with Crippen molar-refractivity contribution in [2.45, 2.75) is 12.8 Å². The lowest BCUT2D eigenvalue weighted by Crippen LogP contribution is -2.02. The third-order valence-corrected chi connectivity index (χ3v) is 3.55. The zero-order chi connectivity index (χ0) is 14.5. The van der Waals surface area contributed by atoms with Crippen LogP contribution in [0.4, 0.5) is 0 Å². The van der Waals surface area contributed by atoms with Crippen LogP contribution in [0.1, 0.15) is 22.3 Å². The molecule has 20 heavy (non-hydrogen) atoms. The van der Waals surface area contributed by atoms with Crippen LogP contribution in [0, 0.1) is 0 Å². The summed E-state index contributed by atoms with van der Waals surface area (Å²) in [6.45, 7) is 0. The van der Waals surface area contributed by atoms with Crippen LogP contribution in [0.15, 0.2) is 42.5 Å². The van der Waals surface area contributed by atoms with Crippen molar-refractivity contribution in [3.63, 3.8) is 0 Å². The van der Waals surface area contributed by atoms with E-state index in [1.807, 2.05) is 24.3 Å². The van der Waals surface area contributed by atoms with Gasteiger partial charge < -0.3 is 4.74 Å². The van der Waals surface area contributed by atoms with E-state index in [9.17, 15) is 4.79 Å². The van der Waals surface area contributed by atoms with E-state index in [1.54, 1.807) is 25.3 Å². The second-order valence-electron chi connectivity index (χ2n) is 4.40. The highest BCUT2D eigenvalue weighted by atomic mass is 35.5. The van der Waals surface area contributed by atoms with Gasteiger partial charge in [0.2, 0.25) is 0 Å². The lowest BCUT2D eigenvalue weighted by molar-refractivity contribution is 0.0983. The molecule has 0 spiro atoms. The van der Waals surface area contributed by atoms with Crippen LogP contribution in [-0.2, 0) is 6.42 Å². The zero-order valence-electron chi connectivity index (χ0n) is 11.0. The molecule has 2 rings (SSSR count). The maximum absolute atomic E-state index is 12.1. The Morgan fingerprint density at radius 1 is 1.15 bits per heavy atom. The molecule has 0 radical (unpaired) electrons. The second-order valence-corrected chi connectivity index (χ2v) is 5.24. The molecule has 0 aliphatic carbocycles. The maximum atomic E-state index is 12.1. The van der Waals surface area contributed by atoms with Gasteiger partial charge >= 0.3 is 0 Å². The summed E-state index contributed by atoms with van der Waals surface area (Å²) in [5.41, 5.74) is 1.57. The van der Waals surface area contributed by atoms with Crippen LogP contribution >= 0.6 is 23.2 Å². The third-order valence-electron chi connectivity index (χ3n) is 3.01. The first-order chi connectivity index (χ1) is 9.60. The van der Waals surface area contributed by atoms with Crippen LogP contribution in [-0.4, -0.2) is 12.9 Å². The summed E-state index contributed by atoms with van der Waals surface area (Å²) in [6, 6.07) is 12.6. The Balaban J connectivity index is 2.04. The van der Waals surface area contributed by atoms with Gasteiger partial charge in [-0.05, 0) is 42.3 Å². The standard InChI is InChI=1S/C16H14Cl2O2/c1-20-13-4-2-3-11(9-13)5-8-16(19)14-7-6-12(17)10-15(14)18/h2-4,6-7,9-10H,5,8H2,1H3. The number of Topliss-reactive ketones (excluding diaryl/α,β-unsaturated/α-hetero) is 1. The predicted octanol–water partition coefficient (Wildman–Crippen LogP) is 4.82. The molecular formula is C16H14Cl2O2. The number of methoxy groups -OCH3 is 1. The van der Waals surface area contributed by atoms with Crippen molar-refractivity contribution in [1.82, 2.24) is 0 Å². The van der Waals surface area contributed by atoms with E-state index in [4.69, 9.17) is 27.9 Å². The molecular weight excluding hydrogens is 295 g/mol. The lowest BCUT2D eigenvalue weighted by atomic mass is 10.0. The number of carbonyl (C=O) groups is 1. The Labute approximate surface area is 128 Å². The summed E-state index contributed by atoms with van der Waals surface area (Å²) < 4.78 is 5.16. The van der Waals surface area contributed by atoms with Crippen molar-refractivity contribution < 1.29 is 9.53 Å². The number of halogens is 2. The van der Waals surface area contributed by atoms with Gasteiger partial charge in [0, 0.05) is 17.0 Å². The predicted molar refractivity (Wildman–Crippen MR) is 82.1 cm³/mol. The van der Waals surface area contributed by atoms with Crippen LogP contribution in [0.5, 0.6) is 5.75 Å². The number of hydrogen-bond donors (Lipinski definition) is 0. The molecule has 0 aliphatic heterocycles. The second kappa shape index (κ2) is 6.78. The molecule has 0 amide bonds. The SMILES string of the molecule is COc1cccc(CCC(=O)c2ccc(Cl)cc2Cl)c1. The van der Waals surface area contributed by atoms with E-state index in [0.717, 1.165) is 11.3 Å². The smallest absolute Gasteiger partial charge is 0.164 e. The zero-order valence-corrected chi connectivity index (χ0v) is 12.5. The van der Waals surface area contributed by atoms with Gasteiger partial charge in [-0.3, -0.25) is 4.79 Å². The third kappa shape index (κ3) is 3.75. The van der Waals surface area contributed by atoms with Crippen LogP contribution in [0.2, 0.25) is 10.0 Å². The number of hydrogen-bond acceptors (Lipinski definition) is 2. The minimum atomic E-state index is 0.00878. The lowest BCUT2D eigenvalue weighted by Gasteiger charge is -2.06. The van der Waals surface area contributed by atoms with E-state index in [1.165, 1.54) is 0 Å². The molecule has 0 atom stereocenters. The number of ketones is 1. The van der Waals surface area contributed by atoms with Crippen LogP contribution in [0.3, 0.4) is 0 Å². The minimum Gasteiger partial charge on any atom is -0.497 e. The molecule has 0 saturated carbocycles. The summed E-state index contributed by atoms with van der Waals surface area (Å²) in [6.07, 6.45) is 1.05. The normalized spacial score (nSPS) is 10.3. The number of benzene rings is 2. The van der Waals surface area contributed by atoms with E-state index < -0.39 is 0 Å². The molecule has 2 aromatic carbocycles. The van der Waals surface area contributed by atoms with Gasteiger partial charge in [0.05, 0.1) is 12.1 Å². The first kappa shape index (κ1) is 14.9. The highest BCUT2D eigenvalue weighted by Gasteiger charge is 2.11. The quantitative estimate of drug-likeness (QED) is 0.740. The highest BCUT2D eigenvalue weighted by molar-refractivity contribution is 6.36. The molecule has 0 saturated heterocycles. The Kier molecular flexibility index (Phi) is 5.05. The molecule has 2 aromatic rings. The summed E-state index contributed by atoms with van der Waals surface area (Å²) in [4.78, 5) is 12.1. The Hall–Kier alpha value is -1.51. The summed E-state index contributed by atoms with van der Waals surface area (Å²) in [7, 11) is 1.62. The monoisotopic (exact) mass is 308 g/mol. The largest absolute Gasteiger partial charge is 0.497 e. The molecule has 4 heteroatoms. The fourth-order valence-electron chi connectivity index (χ4n) is 1.94. The van der Waals surface area contributed by atoms with Gasteiger partial charge in [-0.15, -0.1) is 0 Å². The summed E-state index contributed by atoms with van der Waals surface area (Å²) in [5.74, 6) is 0.800. The minimum absolute atomic E-state index is 0.00878. The summed E-state index contributed by atoms with van der Waals surface area (Å²) >= 11 is 11.8. The van der Waals surface area contributed by atoms with Gasteiger partial charge in [0.25, 0.3) is 0 Å². The molecule has 2 nitrogen and oxygen atoms in total. The van der Waals surface area contributed by atoms with E-state index in [2.05, 4.69) is 0 Å². The molecule has 0 unspecified atom stereocenters. The molecule has 0 bridgehead atoms. The van der Waals surface area contributed by atoms with E-state index in [-0.39, 0.29) is 5.78 Å². The first-order valence-corrected chi connectivity index (χ1v) is 6.97. The van der Waals surface area contributed by atoms with Crippen molar-refractivity contribution in [1.29, 1.82) is 0 Å². The summed E-state index contributed by atoms with van der Waals surface area (Å²) in [5, 5.41) is 0.924. The fraction of sp³-hybridized carbons (Fsp3) is 0.188. The average Bonchev–Trinajstić information content (AvgIpc) is 2.45. The fourth-order valence-corrected chi connectivity index (χ4v) is 2.45. The van der Waals surface area contributed by atoms with Crippen molar-refractivity contribution in [2.24, 2.45) is 0 Å². The molecule has 104 valence electrons. The van der Waals surface area contributed by atoms with Gasteiger partial charge in [0.1, 0.15) is 5.75 Å². The van der Waals surface area contributed by atoms with Gasteiger partial charge in [-0.1, -0.05) is 35.3 Å². The Morgan fingerprint density at radius 3 is 2.65 bits per heavy atom. The van der Waals surface area contributed by atoms with Gasteiger partial charge in [-0.2, -0.15) is 0 Å². The van der Waals surface area contributed by atoms with Gasteiger partial charge in [-0.25, -0.2) is 0 Å². The number of rotatable bonds is 5. The Bertz CT molecular complexity index is 624. The van der Waals surface area contributed by atoms with Crippen LogP contribution in [0.25, 0.3) is 0 Å². The number of ether oxygens (including phenoxy) is 1. The van der Waals surface area contributed by atoms with Crippen molar-refractivity contribution in [3.05, 3.63) is 63.6 Å². The molecule has 0 fully saturated rings. The van der Waals surface area contributed by atoms with Crippen molar-refractivity contribution in [3.8, 4) is 5.75 Å². The van der Waals surface area contributed by atoms with Crippen molar-refractivity contribution >= 4 is 29.0 Å². The molecule has 0 N–H and O–H groups in total. The van der Waals surface area contributed by atoms with E-state index in [0.29, 0.717) is 28.5 Å². The number of aryl methyl sites for hydroxylation is 1. The molecule has 0 aliphatic rings. The topological polar surface area (TPSA) is 26.3 Å². The van der Waals surface area contributed by atoms with Crippen molar-refractivity contribution in [2.75, 3.05) is 7.11 Å². The van der Waals surface area contributed by atoms with E-state index >= 15 is 0 Å². The highest BCUT2D eigenvalue weighted by Crippen LogP contribution is 2.23. The van der Waals surface area contributed by atoms with Gasteiger partial charge in [0.15, 0.2) is 5.78 Å². The maximum Gasteiger partial charge on any atom is 0.164 e. The molecule has 0 aromatic heterocycles. The average molecular weight is 309 g/mol.